The number of nitrogens with zero attached hydrogens (tertiary/aromatic N) is 2. The van der Waals surface area contributed by atoms with Crippen LogP contribution in [0.4, 0.5) is 0 Å². The van der Waals surface area contributed by atoms with Crippen molar-refractivity contribution >= 4 is 16.4 Å². The van der Waals surface area contributed by atoms with E-state index in [1.807, 2.05) is 0 Å². The highest BCUT2D eigenvalue weighted by Gasteiger charge is 2.09. The summed E-state index contributed by atoms with van der Waals surface area (Å²) in [5.41, 5.74) is 10.5. The fraction of sp³-hybridized carbons (Fsp3) is 0.900. The molecule has 0 amide bonds. The van der Waals surface area contributed by atoms with Crippen molar-refractivity contribution in [2.24, 2.45) is 22.4 Å². The lowest BCUT2D eigenvalue weighted by Crippen LogP contribution is -2.36. The Balaban J connectivity index is -0.000000414. The van der Waals surface area contributed by atoms with Crippen LogP contribution in [0, 0.1) is 5.92 Å². The second kappa shape index (κ2) is 11.9. The Morgan fingerprint density at radius 2 is 1.60 bits per heavy atom. The highest BCUT2D eigenvalue weighted by molar-refractivity contribution is 7.79. The molecular weight excluding hydrogens is 288 g/mol. The quantitative estimate of drug-likeness (QED) is 0.280. The van der Waals surface area contributed by atoms with Crippen LogP contribution in [0.25, 0.3) is 0 Å². The van der Waals surface area contributed by atoms with Crippen molar-refractivity contribution in [3.05, 3.63) is 0 Å². The molecule has 20 heavy (non-hydrogen) atoms. The van der Waals surface area contributed by atoms with Gasteiger partial charge in [0.2, 0.25) is 0 Å². The number of nitrogens with two attached hydrogens (primary N) is 2. The maximum atomic E-state index is 8.74. The summed E-state index contributed by atoms with van der Waals surface area (Å²) in [5.74, 6) is 0.856. The molecule has 0 aromatic rings. The van der Waals surface area contributed by atoms with Gasteiger partial charge in [-0.1, -0.05) is 13.8 Å². The summed E-state index contributed by atoms with van der Waals surface area (Å²) < 4.78 is 31.6. The van der Waals surface area contributed by atoms with Gasteiger partial charge in [-0.25, -0.2) is 0 Å². The first kappa shape index (κ1) is 24.1. The van der Waals surface area contributed by atoms with Crippen molar-refractivity contribution in [1.82, 2.24) is 4.90 Å². The lowest BCUT2D eigenvalue weighted by atomic mass is 10.2. The maximum Gasteiger partial charge on any atom is 0.394 e. The number of hydrogen-bond donors (Lipinski definition) is 4. The van der Waals surface area contributed by atoms with Gasteiger partial charge in [0.1, 0.15) is 0 Å². The topological polar surface area (TPSA) is 174 Å². The van der Waals surface area contributed by atoms with Crippen molar-refractivity contribution in [2.45, 2.75) is 33.7 Å². The fourth-order valence-electron chi connectivity index (χ4n) is 1.34. The molecule has 0 saturated carbocycles. The zero-order valence-electron chi connectivity index (χ0n) is 12.4. The average molecular weight is 316 g/mol. The van der Waals surface area contributed by atoms with Gasteiger partial charge in [0.25, 0.3) is 0 Å². The van der Waals surface area contributed by atoms with Crippen LogP contribution in [0.5, 0.6) is 0 Å². The first-order valence-electron chi connectivity index (χ1n) is 5.92. The smallest absolute Gasteiger partial charge is 0.394 e. The van der Waals surface area contributed by atoms with Crippen molar-refractivity contribution in [3.8, 4) is 0 Å². The molecule has 124 valence electrons. The second-order valence-corrected chi connectivity index (χ2v) is 5.63. The normalized spacial score (nSPS) is 10.8. The van der Waals surface area contributed by atoms with Gasteiger partial charge in [0.05, 0.1) is 6.54 Å². The number of rotatable bonds is 6. The molecule has 9 nitrogen and oxygen atoms in total. The standard InChI is InChI=1S/C10H24N4.H2O4S.H2O/c1-8(2)7-14(9(3)4)6-5-13-10(11)12;1-5(2,3)4;/h8-9H,5-7H2,1-4H3,(H4,11,12,13);(H2,1,2,3,4);1H2. The molecule has 0 aromatic carbocycles. The van der Waals surface area contributed by atoms with Crippen molar-refractivity contribution in [3.63, 3.8) is 0 Å². The zero-order chi connectivity index (χ0) is 15.6. The van der Waals surface area contributed by atoms with E-state index in [0.717, 1.165) is 13.1 Å². The van der Waals surface area contributed by atoms with Gasteiger partial charge in [-0.2, -0.15) is 8.42 Å². The summed E-state index contributed by atoms with van der Waals surface area (Å²) >= 11 is 0. The van der Waals surface area contributed by atoms with Gasteiger partial charge in [-0.15, -0.1) is 0 Å². The van der Waals surface area contributed by atoms with Gasteiger partial charge in [0, 0.05) is 19.1 Å². The third kappa shape index (κ3) is 25.8. The van der Waals surface area contributed by atoms with Crippen LogP contribution >= 0.6 is 0 Å². The predicted octanol–water partition coefficient (Wildman–Crippen LogP) is -0.851. The predicted molar refractivity (Wildman–Crippen MR) is 80.0 cm³/mol. The third-order valence-corrected chi connectivity index (χ3v) is 2.01. The van der Waals surface area contributed by atoms with Crippen LogP contribution in [-0.2, 0) is 10.4 Å². The Labute approximate surface area is 120 Å². The van der Waals surface area contributed by atoms with E-state index in [-0.39, 0.29) is 11.4 Å². The highest BCUT2D eigenvalue weighted by atomic mass is 32.3. The Morgan fingerprint density at radius 3 is 1.85 bits per heavy atom. The van der Waals surface area contributed by atoms with Gasteiger partial charge >= 0.3 is 10.4 Å². The minimum absolute atomic E-state index is 0. The van der Waals surface area contributed by atoms with Crippen LogP contribution in [-0.4, -0.2) is 59.5 Å². The van der Waals surface area contributed by atoms with E-state index in [1.54, 1.807) is 0 Å². The van der Waals surface area contributed by atoms with Crippen molar-refractivity contribution < 1.29 is 23.0 Å². The molecule has 0 bridgehead atoms. The molecule has 0 saturated heterocycles. The summed E-state index contributed by atoms with van der Waals surface area (Å²) in [4.78, 5) is 6.37. The molecule has 0 spiro atoms. The van der Waals surface area contributed by atoms with Crippen LogP contribution in [0.2, 0.25) is 0 Å². The van der Waals surface area contributed by atoms with E-state index < -0.39 is 10.4 Å². The first-order chi connectivity index (χ1) is 8.43. The van der Waals surface area contributed by atoms with Crippen molar-refractivity contribution in [1.29, 1.82) is 0 Å². The highest BCUT2D eigenvalue weighted by Crippen LogP contribution is 2.03. The molecule has 0 fully saturated rings. The van der Waals surface area contributed by atoms with Crippen LogP contribution in [0.15, 0.2) is 4.99 Å². The summed E-state index contributed by atoms with van der Waals surface area (Å²) in [6.45, 7) is 11.5. The molecule has 0 aromatic heterocycles. The van der Waals surface area contributed by atoms with E-state index >= 15 is 0 Å². The van der Waals surface area contributed by atoms with E-state index in [9.17, 15) is 0 Å². The van der Waals surface area contributed by atoms with E-state index in [4.69, 9.17) is 29.0 Å². The number of hydrogen-bond acceptors (Lipinski definition) is 4. The lowest BCUT2D eigenvalue weighted by molar-refractivity contribution is 0.203. The number of guanidine groups is 1. The summed E-state index contributed by atoms with van der Waals surface area (Å²) in [7, 11) is -4.67. The molecule has 0 radical (unpaired) electrons. The molecule has 0 heterocycles. The van der Waals surface area contributed by atoms with Crippen LogP contribution < -0.4 is 11.5 Å². The second-order valence-electron chi connectivity index (χ2n) is 4.74. The molecule has 10 heteroatoms. The van der Waals surface area contributed by atoms with E-state index in [1.165, 1.54) is 0 Å². The van der Waals surface area contributed by atoms with E-state index in [2.05, 4.69) is 37.6 Å². The summed E-state index contributed by atoms with van der Waals surface area (Å²) in [6, 6.07) is 0.548. The summed E-state index contributed by atoms with van der Waals surface area (Å²) in [6.07, 6.45) is 0. The van der Waals surface area contributed by atoms with Gasteiger partial charge < -0.3 is 16.9 Å². The number of aliphatic imine (C=N–C) groups is 1. The Bertz CT molecular complexity index is 345. The van der Waals surface area contributed by atoms with Gasteiger partial charge in [-0.3, -0.25) is 19.0 Å². The minimum Gasteiger partial charge on any atom is -0.412 e. The Morgan fingerprint density at radius 1 is 1.20 bits per heavy atom. The molecule has 0 rings (SSSR count). The monoisotopic (exact) mass is 316 g/mol. The van der Waals surface area contributed by atoms with Gasteiger partial charge in [0.15, 0.2) is 5.96 Å². The zero-order valence-corrected chi connectivity index (χ0v) is 13.3. The van der Waals surface area contributed by atoms with E-state index in [0.29, 0.717) is 18.5 Å². The van der Waals surface area contributed by atoms with Crippen LogP contribution in [0.3, 0.4) is 0 Å². The SMILES string of the molecule is CC(C)CN(CCN=C(N)N)C(C)C.O.O=S(=O)(O)O. The molecule has 8 N–H and O–H groups in total. The molecule has 0 aliphatic carbocycles. The maximum absolute atomic E-state index is 8.74. The summed E-state index contributed by atoms with van der Waals surface area (Å²) in [5, 5.41) is 0. The van der Waals surface area contributed by atoms with Crippen LogP contribution in [0.1, 0.15) is 27.7 Å². The molecular formula is C10H28N4O5S. The molecule has 0 atom stereocenters. The third-order valence-electron chi connectivity index (χ3n) is 2.01. The Hall–Kier alpha value is -0.940. The Kier molecular flexibility index (Phi) is 14.3. The van der Waals surface area contributed by atoms with Gasteiger partial charge in [-0.05, 0) is 19.8 Å². The largest absolute Gasteiger partial charge is 0.412 e. The van der Waals surface area contributed by atoms with Crippen molar-refractivity contribution in [2.75, 3.05) is 19.6 Å². The molecule has 0 unspecified atom stereocenters. The molecule has 0 aliphatic rings. The molecule has 0 aliphatic heterocycles. The fourth-order valence-corrected chi connectivity index (χ4v) is 1.34. The lowest BCUT2D eigenvalue weighted by Gasteiger charge is -2.27. The minimum atomic E-state index is -4.67. The first-order valence-corrected chi connectivity index (χ1v) is 7.32. The average Bonchev–Trinajstić information content (AvgIpc) is 2.11.